The molecular formula is C11H11F3N2O3. The van der Waals surface area contributed by atoms with E-state index in [0.717, 1.165) is 11.0 Å². The highest BCUT2D eigenvalue weighted by Crippen LogP contribution is 2.20. The highest BCUT2D eigenvalue weighted by molar-refractivity contribution is 5.92. The van der Waals surface area contributed by atoms with Crippen molar-refractivity contribution in [2.75, 3.05) is 12.4 Å². The number of carbonyl (C=O) groups excluding carboxylic acids is 1. The largest absolute Gasteiger partial charge is 0.480 e. The quantitative estimate of drug-likeness (QED) is 0.830. The number of nitrogens with one attached hydrogen (secondary N) is 1. The number of carboxylic acid groups (broad SMARTS) is 1. The number of carbonyl (C=O) groups is 2. The van der Waals surface area contributed by atoms with E-state index in [0.29, 0.717) is 6.07 Å². The number of anilines is 1. The van der Waals surface area contributed by atoms with Gasteiger partial charge in [-0.2, -0.15) is 0 Å². The second-order valence-electron chi connectivity index (χ2n) is 3.78. The van der Waals surface area contributed by atoms with Gasteiger partial charge in [0.05, 0.1) is 5.69 Å². The molecule has 0 bridgehead atoms. The third-order valence-electron chi connectivity index (χ3n) is 2.54. The molecule has 0 saturated carbocycles. The number of likely N-dealkylation sites (N-methyl/N-ethyl adjacent to an activating group) is 1. The zero-order valence-corrected chi connectivity index (χ0v) is 10.1. The van der Waals surface area contributed by atoms with Gasteiger partial charge in [-0.15, -0.1) is 0 Å². The van der Waals surface area contributed by atoms with Gasteiger partial charge in [0, 0.05) is 7.05 Å². The summed E-state index contributed by atoms with van der Waals surface area (Å²) in [6, 6.07) is -0.632. The topological polar surface area (TPSA) is 69.6 Å². The summed E-state index contributed by atoms with van der Waals surface area (Å²) < 4.78 is 38.9. The minimum Gasteiger partial charge on any atom is -0.480 e. The van der Waals surface area contributed by atoms with Gasteiger partial charge in [0.25, 0.3) is 0 Å². The number of aliphatic carboxylic acids is 1. The summed E-state index contributed by atoms with van der Waals surface area (Å²) >= 11 is 0. The Labute approximate surface area is 106 Å². The minimum absolute atomic E-state index is 0.576. The third kappa shape index (κ3) is 3.15. The van der Waals surface area contributed by atoms with Crippen LogP contribution in [0.15, 0.2) is 12.1 Å². The van der Waals surface area contributed by atoms with Crippen molar-refractivity contribution in [3.8, 4) is 0 Å². The Balaban J connectivity index is 2.89. The van der Waals surface area contributed by atoms with Crippen molar-refractivity contribution >= 4 is 17.7 Å². The predicted molar refractivity (Wildman–Crippen MR) is 60.2 cm³/mol. The standard InChI is InChI=1S/C11H11F3N2O3/c1-5(10(17)18)16(2)11(19)15-7-4-3-6(12)8(13)9(7)14/h3-5H,1-2H3,(H,15,19)(H,17,18). The van der Waals surface area contributed by atoms with Crippen LogP contribution in [-0.2, 0) is 4.79 Å². The lowest BCUT2D eigenvalue weighted by Gasteiger charge is -2.22. The second-order valence-corrected chi connectivity index (χ2v) is 3.78. The molecule has 0 saturated heterocycles. The highest BCUT2D eigenvalue weighted by atomic mass is 19.2. The summed E-state index contributed by atoms with van der Waals surface area (Å²) in [5.74, 6) is -5.91. The van der Waals surface area contributed by atoms with E-state index in [2.05, 4.69) is 0 Å². The van der Waals surface area contributed by atoms with Gasteiger partial charge in [-0.25, -0.2) is 22.8 Å². The van der Waals surface area contributed by atoms with Crippen molar-refractivity contribution < 1.29 is 27.9 Å². The molecule has 0 heterocycles. The maximum atomic E-state index is 13.3. The number of halogens is 3. The Bertz CT molecular complexity index is 522. The lowest BCUT2D eigenvalue weighted by molar-refractivity contribution is -0.141. The van der Waals surface area contributed by atoms with E-state index in [4.69, 9.17) is 5.11 Å². The van der Waals surface area contributed by atoms with Gasteiger partial charge in [0.15, 0.2) is 17.5 Å². The number of hydrogen-bond acceptors (Lipinski definition) is 2. The first-order valence-electron chi connectivity index (χ1n) is 5.15. The molecule has 5 nitrogen and oxygen atoms in total. The Hall–Kier alpha value is -2.25. The Kier molecular flexibility index (Phi) is 4.36. The van der Waals surface area contributed by atoms with Crippen molar-refractivity contribution in [3.63, 3.8) is 0 Å². The van der Waals surface area contributed by atoms with Crippen LogP contribution in [0.2, 0.25) is 0 Å². The fourth-order valence-electron chi connectivity index (χ4n) is 1.17. The normalized spacial score (nSPS) is 11.8. The average Bonchev–Trinajstić information content (AvgIpc) is 2.37. The summed E-state index contributed by atoms with van der Waals surface area (Å²) in [5.41, 5.74) is -0.576. The van der Waals surface area contributed by atoms with Crippen molar-refractivity contribution in [2.45, 2.75) is 13.0 Å². The van der Waals surface area contributed by atoms with E-state index in [1.54, 1.807) is 0 Å². The summed E-state index contributed by atoms with van der Waals surface area (Å²) in [5, 5.41) is 10.7. The lowest BCUT2D eigenvalue weighted by Crippen LogP contribution is -2.42. The molecule has 0 aliphatic carbocycles. The monoisotopic (exact) mass is 276 g/mol. The molecule has 0 fully saturated rings. The zero-order valence-electron chi connectivity index (χ0n) is 10.1. The van der Waals surface area contributed by atoms with Crippen molar-refractivity contribution in [1.82, 2.24) is 4.90 Å². The molecule has 1 aromatic carbocycles. The van der Waals surface area contributed by atoms with Crippen LogP contribution >= 0.6 is 0 Å². The number of hydrogen-bond donors (Lipinski definition) is 2. The van der Waals surface area contributed by atoms with E-state index >= 15 is 0 Å². The Morgan fingerprint density at radius 3 is 2.37 bits per heavy atom. The molecule has 1 unspecified atom stereocenters. The Morgan fingerprint density at radius 2 is 1.84 bits per heavy atom. The molecule has 2 N–H and O–H groups in total. The molecular weight excluding hydrogens is 265 g/mol. The SMILES string of the molecule is CC(C(=O)O)N(C)C(=O)Nc1ccc(F)c(F)c1F. The summed E-state index contributed by atoms with van der Waals surface area (Å²) in [6.45, 7) is 1.24. The van der Waals surface area contributed by atoms with Crippen LogP contribution in [-0.4, -0.2) is 35.1 Å². The summed E-state index contributed by atoms with van der Waals surface area (Å²) in [7, 11) is 1.17. The molecule has 2 amide bonds. The Morgan fingerprint density at radius 1 is 1.26 bits per heavy atom. The summed E-state index contributed by atoms with van der Waals surface area (Å²) in [4.78, 5) is 23.0. The maximum Gasteiger partial charge on any atom is 0.326 e. The molecule has 19 heavy (non-hydrogen) atoms. The highest BCUT2D eigenvalue weighted by Gasteiger charge is 2.23. The van der Waals surface area contributed by atoms with Gasteiger partial charge in [-0.3, -0.25) is 0 Å². The molecule has 8 heteroatoms. The minimum atomic E-state index is -1.72. The molecule has 104 valence electrons. The number of rotatable bonds is 3. The molecule has 1 rings (SSSR count). The number of urea groups is 1. The lowest BCUT2D eigenvalue weighted by atomic mass is 10.2. The van der Waals surface area contributed by atoms with Crippen LogP contribution < -0.4 is 5.32 Å². The summed E-state index contributed by atoms with van der Waals surface area (Å²) in [6.07, 6.45) is 0. The van der Waals surface area contributed by atoms with E-state index in [1.165, 1.54) is 14.0 Å². The number of amides is 2. The molecule has 0 aliphatic rings. The zero-order chi connectivity index (χ0) is 14.7. The van der Waals surface area contributed by atoms with E-state index in [9.17, 15) is 22.8 Å². The fourth-order valence-corrected chi connectivity index (χ4v) is 1.17. The van der Waals surface area contributed by atoms with E-state index in [1.807, 2.05) is 5.32 Å². The predicted octanol–water partition coefficient (Wildman–Crippen LogP) is 2.04. The van der Waals surface area contributed by atoms with Gasteiger partial charge >= 0.3 is 12.0 Å². The number of benzene rings is 1. The maximum absolute atomic E-state index is 13.3. The van der Waals surface area contributed by atoms with Crippen LogP contribution in [0.1, 0.15) is 6.92 Å². The molecule has 0 aromatic heterocycles. The van der Waals surface area contributed by atoms with Crippen LogP contribution in [0.4, 0.5) is 23.7 Å². The first kappa shape index (κ1) is 14.8. The molecule has 0 spiro atoms. The van der Waals surface area contributed by atoms with E-state index < -0.39 is 41.2 Å². The van der Waals surface area contributed by atoms with Crippen LogP contribution in [0, 0.1) is 17.5 Å². The number of carboxylic acids is 1. The smallest absolute Gasteiger partial charge is 0.326 e. The van der Waals surface area contributed by atoms with Gasteiger partial charge in [0.2, 0.25) is 0 Å². The van der Waals surface area contributed by atoms with Gasteiger partial charge in [-0.1, -0.05) is 0 Å². The van der Waals surface area contributed by atoms with Crippen molar-refractivity contribution in [1.29, 1.82) is 0 Å². The van der Waals surface area contributed by atoms with E-state index in [-0.39, 0.29) is 0 Å². The van der Waals surface area contributed by atoms with Gasteiger partial charge < -0.3 is 15.3 Å². The first-order valence-corrected chi connectivity index (χ1v) is 5.15. The van der Waals surface area contributed by atoms with Gasteiger partial charge in [-0.05, 0) is 19.1 Å². The molecule has 0 aliphatic heterocycles. The first-order chi connectivity index (χ1) is 8.75. The van der Waals surface area contributed by atoms with Crippen molar-refractivity contribution in [2.24, 2.45) is 0 Å². The van der Waals surface area contributed by atoms with Gasteiger partial charge in [0.1, 0.15) is 6.04 Å². The van der Waals surface area contributed by atoms with Crippen LogP contribution in [0.5, 0.6) is 0 Å². The van der Waals surface area contributed by atoms with Crippen LogP contribution in [0.25, 0.3) is 0 Å². The van der Waals surface area contributed by atoms with Crippen molar-refractivity contribution in [3.05, 3.63) is 29.6 Å². The fraction of sp³-hybridized carbons (Fsp3) is 0.273. The van der Waals surface area contributed by atoms with Crippen LogP contribution in [0.3, 0.4) is 0 Å². The molecule has 1 atom stereocenters. The second kappa shape index (κ2) is 5.59. The average molecular weight is 276 g/mol. The third-order valence-corrected chi connectivity index (χ3v) is 2.54. The number of nitrogens with zero attached hydrogens (tertiary/aromatic N) is 1. The molecule has 1 aromatic rings. The molecule has 0 radical (unpaired) electrons.